The Morgan fingerprint density at radius 2 is 2.29 bits per heavy atom. The summed E-state index contributed by atoms with van der Waals surface area (Å²) in [5.41, 5.74) is 1.09. The molecule has 1 atom stereocenters. The Morgan fingerprint density at radius 3 is 2.93 bits per heavy atom. The SMILES string of the molecule is CCCCC(C)Nc1cncc(Br)c1. The zero-order chi connectivity index (χ0) is 10.4. The summed E-state index contributed by atoms with van der Waals surface area (Å²) in [5.74, 6) is 0. The van der Waals surface area contributed by atoms with E-state index in [1.54, 1.807) is 6.20 Å². The van der Waals surface area contributed by atoms with Gasteiger partial charge in [0, 0.05) is 16.7 Å². The molecule has 0 spiro atoms. The second-order valence-electron chi connectivity index (χ2n) is 3.58. The van der Waals surface area contributed by atoms with Crippen molar-refractivity contribution in [3.63, 3.8) is 0 Å². The molecular weight excluding hydrogens is 240 g/mol. The van der Waals surface area contributed by atoms with Gasteiger partial charge in [0.1, 0.15) is 0 Å². The number of rotatable bonds is 5. The highest BCUT2D eigenvalue weighted by molar-refractivity contribution is 9.10. The van der Waals surface area contributed by atoms with Gasteiger partial charge in [-0.1, -0.05) is 19.8 Å². The van der Waals surface area contributed by atoms with E-state index in [0.717, 1.165) is 10.2 Å². The van der Waals surface area contributed by atoms with Gasteiger partial charge in [-0.3, -0.25) is 4.98 Å². The first-order valence-corrected chi connectivity index (χ1v) is 5.88. The average Bonchev–Trinajstić information content (AvgIpc) is 2.15. The summed E-state index contributed by atoms with van der Waals surface area (Å²) in [6.45, 7) is 4.42. The lowest BCUT2D eigenvalue weighted by Crippen LogP contribution is -2.14. The molecule has 0 saturated carbocycles. The Balaban J connectivity index is 2.43. The fourth-order valence-corrected chi connectivity index (χ4v) is 1.72. The first-order valence-electron chi connectivity index (χ1n) is 5.09. The van der Waals surface area contributed by atoms with Crippen LogP contribution in [0.4, 0.5) is 5.69 Å². The molecule has 0 aliphatic carbocycles. The maximum Gasteiger partial charge on any atom is 0.0540 e. The third kappa shape index (κ3) is 4.09. The van der Waals surface area contributed by atoms with Crippen molar-refractivity contribution in [2.45, 2.75) is 39.2 Å². The molecule has 2 nitrogen and oxygen atoms in total. The van der Waals surface area contributed by atoms with Gasteiger partial charge >= 0.3 is 0 Å². The van der Waals surface area contributed by atoms with Gasteiger partial charge in [0.25, 0.3) is 0 Å². The first-order chi connectivity index (χ1) is 6.72. The Hall–Kier alpha value is -0.570. The number of hydrogen-bond donors (Lipinski definition) is 1. The van der Waals surface area contributed by atoms with Crippen LogP contribution in [0, 0.1) is 0 Å². The number of aromatic nitrogens is 1. The molecule has 0 saturated heterocycles. The van der Waals surface area contributed by atoms with Crippen molar-refractivity contribution in [3.8, 4) is 0 Å². The smallest absolute Gasteiger partial charge is 0.0540 e. The van der Waals surface area contributed by atoms with Crippen LogP contribution in [-0.4, -0.2) is 11.0 Å². The van der Waals surface area contributed by atoms with E-state index < -0.39 is 0 Å². The fourth-order valence-electron chi connectivity index (χ4n) is 1.36. The van der Waals surface area contributed by atoms with Crippen molar-refractivity contribution in [2.75, 3.05) is 5.32 Å². The van der Waals surface area contributed by atoms with Crippen LogP contribution in [0.15, 0.2) is 22.9 Å². The summed E-state index contributed by atoms with van der Waals surface area (Å²) in [7, 11) is 0. The first kappa shape index (κ1) is 11.5. The van der Waals surface area contributed by atoms with Crippen LogP contribution in [0.5, 0.6) is 0 Å². The van der Waals surface area contributed by atoms with Crippen molar-refractivity contribution in [1.29, 1.82) is 0 Å². The van der Waals surface area contributed by atoms with E-state index in [1.807, 2.05) is 6.20 Å². The van der Waals surface area contributed by atoms with Crippen LogP contribution < -0.4 is 5.32 Å². The Labute approximate surface area is 94.3 Å². The minimum absolute atomic E-state index is 0.519. The van der Waals surface area contributed by atoms with E-state index in [-0.39, 0.29) is 0 Å². The molecule has 0 amide bonds. The topological polar surface area (TPSA) is 24.9 Å². The van der Waals surface area contributed by atoms with Crippen molar-refractivity contribution >= 4 is 21.6 Å². The molecule has 14 heavy (non-hydrogen) atoms. The summed E-state index contributed by atoms with van der Waals surface area (Å²) in [6.07, 6.45) is 7.39. The van der Waals surface area contributed by atoms with E-state index in [2.05, 4.69) is 46.1 Å². The average molecular weight is 257 g/mol. The second kappa shape index (κ2) is 6.02. The quantitative estimate of drug-likeness (QED) is 0.866. The predicted octanol–water partition coefficient (Wildman–Crippen LogP) is 3.83. The van der Waals surface area contributed by atoms with Gasteiger partial charge in [-0.05, 0) is 35.3 Å². The number of halogens is 1. The number of anilines is 1. The predicted molar refractivity (Wildman–Crippen MR) is 64.5 cm³/mol. The lowest BCUT2D eigenvalue weighted by Gasteiger charge is -2.14. The van der Waals surface area contributed by atoms with Gasteiger partial charge < -0.3 is 5.32 Å². The van der Waals surface area contributed by atoms with Gasteiger partial charge in [0.05, 0.1) is 11.9 Å². The Morgan fingerprint density at radius 1 is 1.50 bits per heavy atom. The number of hydrogen-bond acceptors (Lipinski definition) is 2. The number of nitrogens with one attached hydrogen (secondary N) is 1. The van der Waals surface area contributed by atoms with Crippen LogP contribution in [0.25, 0.3) is 0 Å². The third-order valence-corrected chi connectivity index (χ3v) is 2.54. The van der Waals surface area contributed by atoms with Crippen molar-refractivity contribution < 1.29 is 0 Å². The fraction of sp³-hybridized carbons (Fsp3) is 0.545. The molecule has 0 radical (unpaired) electrons. The summed E-state index contributed by atoms with van der Waals surface area (Å²) < 4.78 is 1.02. The molecule has 1 rings (SSSR count). The normalized spacial score (nSPS) is 12.5. The molecule has 1 unspecified atom stereocenters. The molecule has 0 aliphatic heterocycles. The minimum Gasteiger partial charge on any atom is -0.381 e. The molecule has 0 bridgehead atoms. The lowest BCUT2D eigenvalue weighted by atomic mass is 10.1. The van der Waals surface area contributed by atoms with Gasteiger partial charge in [0.15, 0.2) is 0 Å². The highest BCUT2D eigenvalue weighted by Gasteiger charge is 2.01. The summed E-state index contributed by atoms with van der Waals surface area (Å²) >= 11 is 3.40. The highest BCUT2D eigenvalue weighted by atomic mass is 79.9. The Bertz CT molecular complexity index is 276. The lowest BCUT2D eigenvalue weighted by molar-refractivity contribution is 0.645. The van der Waals surface area contributed by atoms with E-state index in [0.29, 0.717) is 6.04 Å². The second-order valence-corrected chi connectivity index (χ2v) is 4.50. The van der Waals surface area contributed by atoms with Gasteiger partial charge in [-0.15, -0.1) is 0 Å². The van der Waals surface area contributed by atoms with Gasteiger partial charge in [0.2, 0.25) is 0 Å². The standard InChI is InChI=1S/C11H17BrN2/c1-3-4-5-9(2)14-11-6-10(12)7-13-8-11/h6-9,14H,3-5H2,1-2H3. The molecule has 1 aromatic heterocycles. The van der Waals surface area contributed by atoms with Crippen molar-refractivity contribution in [2.24, 2.45) is 0 Å². The van der Waals surface area contributed by atoms with Crippen LogP contribution >= 0.6 is 15.9 Å². The van der Waals surface area contributed by atoms with Gasteiger partial charge in [-0.25, -0.2) is 0 Å². The van der Waals surface area contributed by atoms with E-state index in [9.17, 15) is 0 Å². The molecule has 1 aromatic rings. The summed E-state index contributed by atoms with van der Waals surface area (Å²) in [6, 6.07) is 2.57. The molecule has 3 heteroatoms. The van der Waals surface area contributed by atoms with Crippen LogP contribution in [0.3, 0.4) is 0 Å². The number of unbranched alkanes of at least 4 members (excludes halogenated alkanes) is 1. The van der Waals surface area contributed by atoms with E-state index in [1.165, 1.54) is 19.3 Å². The number of pyridine rings is 1. The molecule has 1 N–H and O–H groups in total. The maximum absolute atomic E-state index is 4.11. The van der Waals surface area contributed by atoms with Crippen LogP contribution in [0.2, 0.25) is 0 Å². The van der Waals surface area contributed by atoms with E-state index in [4.69, 9.17) is 0 Å². The monoisotopic (exact) mass is 256 g/mol. The van der Waals surface area contributed by atoms with E-state index >= 15 is 0 Å². The molecule has 0 fully saturated rings. The summed E-state index contributed by atoms with van der Waals surface area (Å²) in [4.78, 5) is 4.11. The highest BCUT2D eigenvalue weighted by Crippen LogP contribution is 2.15. The van der Waals surface area contributed by atoms with Crippen LogP contribution in [-0.2, 0) is 0 Å². The van der Waals surface area contributed by atoms with Crippen molar-refractivity contribution in [3.05, 3.63) is 22.9 Å². The molecule has 0 aliphatic rings. The summed E-state index contributed by atoms with van der Waals surface area (Å²) in [5, 5.41) is 3.42. The Kier molecular flexibility index (Phi) is 4.94. The molecule has 78 valence electrons. The zero-order valence-electron chi connectivity index (χ0n) is 8.76. The molecule has 1 heterocycles. The molecule has 0 aromatic carbocycles. The zero-order valence-corrected chi connectivity index (χ0v) is 10.3. The number of nitrogens with zero attached hydrogens (tertiary/aromatic N) is 1. The third-order valence-electron chi connectivity index (χ3n) is 2.11. The van der Waals surface area contributed by atoms with Gasteiger partial charge in [-0.2, -0.15) is 0 Å². The van der Waals surface area contributed by atoms with Crippen molar-refractivity contribution in [1.82, 2.24) is 4.98 Å². The van der Waals surface area contributed by atoms with Crippen LogP contribution in [0.1, 0.15) is 33.1 Å². The minimum atomic E-state index is 0.519. The maximum atomic E-state index is 4.11. The molecular formula is C11H17BrN2. The largest absolute Gasteiger partial charge is 0.381 e.